The second-order valence-electron chi connectivity index (χ2n) is 3.07. The topological polar surface area (TPSA) is 16.4 Å². The maximum Gasteiger partial charge on any atom is 0.126 e. The van der Waals surface area contributed by atoms with Crippen molar-refractivity contribution in [1.82, 2.24) is 4.90 Å². The molecule has 0 aliphatic carbocycles. The molecule has 1 saturated heterocycles. The van der Waals surface area contributed by atoms with E-state index in [1.165, 1.54) is 19.5 Å². The van der Waals surface area contributed by atoms with Crippen LogP contribution in [0.15, 0.2) is 28.9 Å². The van der Waals surface area contributed by atoms with Crippen LogP contribution in [0.25, 0.3) is 6.08 Å². The van der Waals surface area contributed by atoms with Gasteiger partial charge in [-0.25, -0.2) is 0 Å². The molecule has 0 bridgehead atoms. The molecule has 1 aliphatic rings. The van der Waals surface area contributed by atoms with Gasteiger partial charge in [0.2, 0.25) is 0 Å². The van der Waals surface area contributed by atoms with Gasteiger partial charge in [0.25, 0.3) is 0 Å². The fourth-order valence-electron chi connectivity index (χ4n) is 1.27. The van der Waals surface area contributed by atoms with Crippen molar-refractivity contribution >= 4 is 6.08 Å². The van der Waals surface area contributed by atoms with Crippen LogP contribution in [0.3, 0.4) is 0 Å². The van der Waals surface area contributed by atoms with E-state index in [9.17, 15) is 0 Å². The van der Waals surface area contributed by atoms with Crippen molar-refractivity contribution in [2.24, 2.45) is 0 Å². The molecule has 0 aromatic carbocycles. The Morgan fingerprint density at radius 3 is 3.00 bits per heavy atom. The number of nitrogens with zero attached hydrogens (tertiary/aromatic N) is 1. The second-order valence-corrected chi connectivity index (χ2v) is 3.07. The number of hydrogen-bond donors (Lipinski definition) is 0. The molecule has 0 N–H and O–H groups in total. The van der Waals surface area contributed by atoms with E-state index < -0.39 is 0 Å². The van der Waals surface area contributed by atoms with Gasteiger partial charge in [0.15, 0.2) is 0 Å². The molecular formula is C10H13NO. The van der Waals surface area contributed by atoms with E-state index in [4.69, 9.17) is 4.42 Å². The van der Waals surface area contributed by atoms with Crippen molar-refractivity contribution in [1.29, 1.82) is 0 Å². The maximum atomic E-state index is 5.16. The summed E-state index contributed by atoms with van der Waals surface area (Å²) in [6.07, 6.45) is 7.23. The van der Waals surface area contributed by atoms with Crippen molar-refractivity contribution < 1.29 is 4.42 Å². The highest BCUT2D eigenvalue weighted by atomic mass is 16.3. The lowest BCUT2D eigenvalue weighted by Gasteiger charge is -2.29. The maximum absolute atomic E-state index is 5.16. The molecule has 0 amide bonds. The molecule has 0 atom stereocenters. The molecule has 2 heteroatoms. The third-order valence-corrected chi connectivity index (χ3v) is 2.14. The smallest absolute Gasteiger partial charge is 0.126 e. The van der Waals surface area contributed by atoms with Crippen molar-refractivity contribution in [3.8, 4) is 0 Å². The Morgan fingerprint density at radius 2 is 2.42 bits per heavy atom. The summed E-state index contributed by atoms with van der Waals surface area (Å²) in [5.74, 6) is 0.940. The average Bonchev–Trinajstić information content (AvgIpc) is 2.46. The Morgan fingerprint density at radius 1 is 1.50 bits per heavy atom. The molecule has 1 aromatic heterocycles. The summed E-state index contributed by atoms with van der Waals surface area (Å²) < 4.78 is 5.16. The molecule has 0 saturated carbocycles. The van der Waals surface area contributed by atoms with E-state index in [2.05, 4.69) is 11.0 Å². The zero-order chi connectivity index (χ0) is 8.23. The first-order valence-corrected chi connectivity index (χ1v) is 4.37. The highest BCUT2D eigenvalue weighted by molar-refractivity contribution is 5.42. The van der Waals surface area contributed by atoms with Crippen LogP contribution in [0.5, 0.6) is 0 Å². The van der Waals surface area contributed by atoms with Crippen LogP contribution in [-0.2, 0) is 0 Å². The van der Waals surface area contributed by atoms with Crippen molar-refractivity contribution in [3.63, 3.8) is 0 Å². The normalized spacial score (nSPS) is 18.3. The van der Waals surface area contributed by atoms with Gasteiger partial charge in [0.1, 0.15) is 5.76 Å². The molecule has 12 heavy (non-hydrogen) atoms. The van der Waals surface area contributed by atoms with E-state index >= 15 is 0 Å². The first-order chi connectivity index (χ1) is 5.95. The predicted molar refractivity (Wildman–Crippen MR) is 48.8 cm³/mol. The van der Waals surface area contributed by atoms with E-state index in [1.54, 1.807) is 6.26 Å². The molecule has 2 heterocycles. The Hall–Kier alpha value is -1.02. The average molecular weight is 163 g/mol. The quantitative estimate of drug-likeness (QED) is 0.677. The molecule has 2 nitrogen and oxygen atoms in total. The minimum atomic E-state index is 0.940. The van der Waals surface area contributed by atoms with Crippen molar-refractivity contribution in [2.45, 2.75) is 6.42 Å². The van der Waals surface area contributed by atoms with Gasteiger partial charge < -0.3 is 4.42 Å². The summed E-state index contributed by atoms with van der Waals surface area (Å²) in [5.41, 5.74) is 0. The van der Waals surface area contributed by atoms with Crippen LogP contribution in [0.4, 0.5) is 0 Å². The van der Waals surface area contributed by atoms with E-state index in [-0.39, 0.29) is 0 Å². The minimum Gasteiger partial charge on any atom is -0.465 e. The van der Waals surface area contributed by atoms with Crippen LogP contribution in [0, 0.1) is 0 Å². The summed E-state index contributed by atoms with van der Waals surface area (Å²) in [6.45, 7) is 3.56. The minimum absolute atomic E-state index is 0.940. The van der Waals surface area contributed by atoms with Crippen LogP contribution < -0.4 is 0 Å². The lowest BCUT2D eigenvalue weighted by atomic mass is 10.2. The number of hydrogen-bond acceptors (Lipinski definition) is 2. The molecule has 2 rings (SSSR count). The first-order valence-electron chi connectivity index (χ1n) is 4.37. The molecule has 0 spiro atoms. The third-order valence-electron chi connectivity index (χ3n) is 2.14. The van der Waals surface area contributed by atoms with Gasteiger partial charge in [-0.1, -0.05) is 6.08 Å². The number of furan rings is 1. The molecule has 1 aromatic rings. The Kier molecular flexibility index (Phi) is 2.28. The van der Waals surface area contributed by atoms with Crippen LogP contribution in [-0.4, -0.2) is 24.5 Å². The Labute approximate surface area is 72.5 Å². The zero-order valence-electron chi connectivity index (χ0n) is 7.07. The van der Waals surface area contributed by atoms with Gasteiger partial charge in [0.05, 0.1) is 6.26 Å². The lowest BCUT2D eigenvalue weighted by Crippen LogP contribution is -2.36. The molecule has 64 valence electrons. The van der Waals surface area contributed by atoms with Gasteiger partial charge in [-0.3, -0.25) is 4.90 Å². The monoisotopic (exact) mass is 163 g/mol. The fourth-order valence-corrected chi connectivity index (χ4v) is 1.27. The zero-order valence-corrected chi connectivity index (χ0v) is 7.07. The summed E-state index contributed by atoms with van der Waals surface area (Å²) in [5, 5.41) is 0. The molecular weight excluding hydrogens is 150 g/mol. The number of likely N-dealkylation sites (tertiary alicyclic amines) is 1. The largest absolute Gasteiger partial charge is 0.465 e. The van der Waals surface area contributed by atoms with Crippen molar-refractivity contribution in [3.05, 3.63) is 30.2 Å². The standard InChI is InChI=1S/C10H13NO/c1(6-11-7-3-8-11)4-10-5-2-9-12-10/h1-2,4-5,9H,3,6-8H2/b4-1+. The summed E-state index contributed by atoms with van der Waals surface area (Å²) in [6, 6.07) is 3.87. The molecule has 1 aliphatic heterocycles. The van der Waals surface area contributed by atoms with Crippen molar-refractivity contribution in [2.75, 3.05) is 19.6 Å². The highest BCUT2D eigenvalue weighted by Crippen LogP contribution is 2.06. The van der Waals surface area contributed by atoms with E-state index in [0.717, 1.165) is 12.3 Å². The van der Waals surface area contributed by atoms with E-state index in [1.807, 2.05) is 18.2 Å². The van der Waals surface area contributed by atoms with Gasteiger partial charge >= 0.3 is 0 Å². The summed E-state index contributed by atoms with van der Waals surface area (Å²) in [7, 11) is 0. The van der Waals surface area contributed by atoms with E-state index in [0.29, 0.717) is 0 Å². The SMILES string of the molecule is C(=C\c1ccco1)/CN1CCC1. The van der Waals surface area contributed by atoms with Gasteiger partial charge in [-0.05, 0) is 37.7 Å². The lowest BCUT2D eigenvalue weighted by molar-refractivity contribution is 0.203. The molecule has 0 unspecified atom stereocenters. The highest BCUT2D eigenvalue weighted by Gasteiger charge is 2.10. The van der Waals surface area contributed by atoms with Crippen LogP contribution in [0.2, 0.25) is 0 Å². The Bertz CT molecular complexity index is 247. The van der Waals surface area contributed by atoms with Gasteiger partial charge in [-0.15, -0.1) is 0 Å². The van der Waals surface area contributed by atoms with Gasteiger partial charge in [-0.2, -0.15) is 0 Å². The van der Waals surface area contributed by atoms with Crippen LogP contribution in [0.1, 0.15) is 12.2 Å². The second kappa shape index (κ2) is 3.59. The molecule has 1 fully saturated rings. The predicted octanol–water partition coefficient (Wildman–Crippen LogP) is 2.00. The Balaban J connectivity index is 1.78. The summed E-state index contributed by atoms with van der Waals surface area (Å²) >= 11 is 0. The van der Waals surface area contributed by atoms with Crippen LogP contribution >= 0.6 is 0 Å². The van der Waals surface area contributed by atoms with Gasteiger partial charge in [0, 0.05) is 6.54 Å². The molecule has 0 radical (unpaired) electrons. The summed E-state index contributed by atoms with van der Waals surface area (Å²) in [4.78, 5) is 2.40. The first kappa shape index (κ1) is 7.62. The number of rotatable bonds is 3. The fraction of sp³-hybridized carbons (Fsp3) is 0.400. The third kappa shape index (κ3) is 1.77.